The molecule has 1 aromatic heterocycles. The first-order valence-corrected chi connectivity index (χ1v) is 4.82. The van der Waals surface area contributed by atoms with E-state index < -0.39 is 0 Å². The van der Waals surface area contributed by atoms with Gasteiger partial charge < -0.3 is 4.98 Å². The molecule has 0 spiro atoms. The Kier molecular flexibility index (Phi) is 2.80. The zero-order chi connectivity index (χ0) is 10.5. The van der Waals surface area contributed by atoms with E-state index in [1.807, 2.05) is 30.3 Å². The molecule has 0 fully saturated rings. The molecular weight excluding hydrogens is 186 g/mol. The van der Waals surface area contributed by atoms with Crippen LogP contribution in [0.5, 0.6) is 0 Å². The molecule has 0 aliphatic rings. The van der Waals surface area contributed by atoms with Crippen LogP contribution >= 0.6 is 0 Å². The van der Waals surface area contributed by atoms with E-state index in [1.54, 1.807) is 12.5 Å². The molecule has 0 amide bonds. The van der Waals surface area contributed by atoms with Crippen LogP contribution in [-0.2, 0) is 6.42 Å². The lowest BCUT2D eigenvalue weighted by atomic mass is 9.96. The first kappa shape index (κ1) is 9.47. The number of nitrogens with zero attached hydrogens (tertiary/aromatic N) is 2. The fourth-order valence-electron chi connectivity index (χ4n) is 1.54. The van der Waals surface area contributed by atoms with Gasteiger partial charge in [-0.25, -0.2) is 4.98 Å². The van der Waals surface area contributed by atoms with Gasteiger partial charge in [0.2, 0.25) is 0 Å². The maximum absolute atomic E-state index is 9.09. The van der Waals surface area contributed by atoms with Gasteiger partial charge in [0.15, 0.2) is 0 Å². The van der Waals surface area contributed by atoms with Crippen molar-refractivity contribution in [2.45, 2.75) is 12.3 Å². The van der Waals surface area contributed by atoms with E-state index in [0.717, 1.165) is 11.3 Å². The Hall–Kier alpha value is -2.08. The number of aromatic amines is 1. The summed E-state index contributed by atoms with van der Waals surface area (Å²) in [4.78, 5) is 6.95. The quantitative estimate of drug-likeness (QED) is 0.820. The van der Waals surface area contributed by atoms with Crippen molar-refractivity contribution in [1.82, 2.24) is 9.97 Å². The Bertz CT molecular complexity index is 439. The molecule has 0 saturated carbocycles. The van der Waals surface area contributed by atoms with E-state index in [4.69, 9.17) is 5.26 Å². The third-order valence-corrected chi connectivity index (χ3v) is 2.34. The van der Waals surface area contributed by atoms with Crippen LogP contribution < -0.4 is 0 Å². The first-order valence-electron chi connectivity index (χ1n) is 4.82. The van der Waals surface area contributed by atoms with Crippen LogP contribution in [0.4, 0.5) is 0 Å². The molecule has 1 unspecified atom stereocenters. The summed E-state index contributed by atoms with van der Waals surface area (Å²) in [5, 5.41) is 9.09. The number of aromatic nitrogens is 2. The third-order valence-electron chi connectivity index (χ3n) is 2.34. The summed E-state index contributed by atoms with van der Waals surface area (Å²) in [5.41, 5.74) is 2.04. The van der Waals surface area contributed by atoms with Crippen molar-refractivity contribution in [3.05, 3.63) is 54.1 Å². The number of hydrogen-bond acceptors (Lipinski definition) is 2. The van der Waals surface area contributed by atoms with Gasteiger partial charge in [0.05, 0.1) is 18.3 Å². The number of imidazole rings is 1. The van der Waals surface area contributed by atoms with Crippen molar-refractivity contribution in [3.63, 3.8) is 0 Å². The van der Waals surface area contributed by atoms with Gasteiger partial charge in [0.25, 0.3) is 0 Å². The molecule has 1 aromatic carbocycles. The molecule has 0 bridgehead atoms. The normalized spacial score (nSPS) is 11.9. The SMILES string of the molecule is N#CC(Cc1cnc[nH]1)c1ccccc1. The molecule has 2 rings (SSSR count). The van der Waals surface area contributed by atoms with E-state index in [1.165, 1.54) is 0 Å². The van der Waals surface area contributed by atoms with Gasteiger partial charge in [0, 0.05) is 18.3 Å². The van der Waals surface area contributed by atoms with Gasteiger partial charge in [-0.3, -0.25) is 0 Å². The molecule has 15 heavy (non-hydrogen) atoms. The summed E-state index contributed by atoms with van der Waals surface area (Å²) < 4.78 is 0. The third kappa shape index (κ3) is 2.23. The summed E-state index contributed by atoms with van der Waals surface area (Å²) in [5.74, 6) is -0.105. The Labute approximate surface area is 88.4 Å². The number of nitriles is 1. The zero-order valence-corrected chi connectivity index (χ0v) is 8.22. The highest BCUT2D eigenvalue weighted by Crippen LogP contribution is 2.18. The Morgan fingerprint density at radius 2 is 2.13 bits per heavy atom. The Morgan fingerprint density at radius 1 is 1.33 bits per heavy atom. The average Bonchev–Trinajstić information content (AvgIpc) is 2.80. The molecular formula is C12H11N3. The van der Waals surface area contributed by atoms with E-state index in [2.05, 4.69) is 16.0 Å². The number of rotatable bonds is 3. The number of hydrogen-bond donors (Lipinski definition) is 1. The predicted octanol–water partition coefficient (Wildman–Crippen LogP) is 2.26. The standard InChI is InChI=1S/C12H11N3/c13-7-11(6-12-8-14-9-15-12)10-4-2-1-3-5-10/h1-5,8-9,11H,6H2,(H,14,15). The number of H-pyrrole nitrogens is 1. The molecule has 0 radical (unpaired) electrons. The molecule has 3 nitrogen and oxygen atoms in total. The Morgan fingerprint density at radius 3 is 2.73 bits per heavy atom. The van der Waals surface area contributed by atoms with Crippen LogP contribution in [-0.4, -0.2) is 9.97 Å². The lowest BCUT2D eigenvalue weighted by molar-refractivity contribution is 0.828. The second kappa shape index (κ2) is 4.43. The monoisotopic (exact) mass is 197 g/mol. The van der Waals surface area contributed by atoms with Crippen LogP contribution in [0.3, 0.4) is 0 Å². The van der Waals surface area contributed by atoms with Gasteiger partial charge in [-0.05, 0) is 5.56 Å². The lowest BCUT2D eigenvalue weighted by Gasteiger charge is -2.07. The van der Waals surface area contributed by atoms with Gasteiger partial charge in [0.1, 0.15) is 0 Å². The molecule has 1 N–H and O–H groups in total. The van der Waals surface area contributed by atoms with Crippen molar-refractivity contribution < 1.29 is 0 Å². The van der Waals surface area contributed by atoms with E-state index >= 15 is 0 Å². The fraction of sp³-hybridized carbons (Fsp3) is 0.167. The van der Waals surface area contributed by atoms with Crippen molar-refractivity contribution in [2.75, 3.05) is 0 Å². The van der Waals surface area contributed by atoms with Gasteiger partial charge in [-0.1, -0.05) is 30.3 Å². The smallest absolute Gasteiger partial charge is 0.0921 e. The number of benzene rings is 1. The zero-order valence-electron chi connectivity index (χ0n) is 8.22. The summed E-state index contributed by atoms with van der Waals surface area (Å²) in [7, 11) is 0. The average molecular weight is 197 g/mol. The van der Waals surface area contributed by atoms with Crippen LogP contribution in [0.1, 0.15) is 17.2 Å². The molecule has 0 aliphatic heterocycles. The molecule has 3 heteroatoms. The van der Waals surface area contributed by atoms with E-state index in [0.29, 0.717) is 6.42 Å². The number of nitrogens with one attached hydrogen (secondary N) is 1. The van der Waals surface area contributed by atoms with Gasteiger partial charge in [-0.2, -0.15) is 5.26 Å². The lowest BCUT2D eigenvalue weighted by Crippen LogP contribution is -2.00. The highest BCUT2D eigenvalue weighted by atomic mass is 14.9. The second-order valence-electron chi connectivity index (χ2n) is 3.37. The highest BCUT2D eigenvalue weighted by Gasteiger charge is 2.11. The molecule has 74 valence electrons. The van der Waals surface area contributed by atoms with Crippen LogP contribution in [0.15, 0.2) is 42.9 Å². The van der Waals surface area contributed by atoms with Crippen molar-refractivity contribution in [2.24, 2.45) is 0 Å². The maximum Gasteiger partial charge on any atom is 0.0921 e. The summed E-state index contributed by atoms with van der Waals surface area (Å²) in [6.07, 6.45) is 4.07. The van der Waals surface area contributed by atoms with Crippen molar-refractivity contribution in [1.29, 1.82) is 5.26 Å². The highest BCUT2D eigenvalue weighted by molar-refractivity contribution is 5.26. The minimum atomic E-state index is -0.105. The van der Waals surface area contributed by atoms with Crippen LogP contribution in [0, 0.1) is 11.3 Å². The van der Waals surface area contributed by atoms with Crippen molar-refractivity contribution in [3.8, 4) is 6.07 Å². The fourth-order valence-corrected chi connectivity index (χ4v) is 1.54. The van der Waals surface area contributed by atoms with E-state index in [-0.39, 0.29) is 5.92 Å². The molecule has 0 aliphatic carbocycles. The summed E-state index contributed by atoms with van der Waals surface area (Å²) >= 11 is 0. The summed E-state index contributed by atoms with van der Waals surface area (Å²) in [6, 6.07) is 12.1. The molecule has 1 atom stereocenters. The minimum absolute atomic E-state index is 0.105. The Balaban J connectivity index is 2.16. The molecule has 0 saturated heterocycles. The maximum atomic E-state index is 9.09. The molecule has 2 aromatic rings. The summed E-state index contributed by atoms with van der Waals surface area (Å²) in [6.45, 7) is 0. The van der Waals surface area contributed by atoms with Crippen LogP contribution in [0.2, 0.25) is 0 Å². The second-order valence-corrected chi connectivity index (χ2v) is 3.37. The predicted molar refractivity (Wildman–Crippen MR) is 57.1 cm³/mol. The van der Waals surface area contributed by atoms with Crippen molar-refractivity contribution >= 4 is 0 Å². The van der Waals surface area contributed by atoms with Gasteiger partial charge >= 0.3 is 0 Å². The van der Waals surface area contributed by atoms with E-state index in [9.17, 15) is 0 Å². The largest absolute Gasteiger partial charge is 0.348 e. The van der Waals surface area contributed by atoms with Crippen LogP contribution in [0.25, 0.3) is 0 Å². The topological polar surface area (TPSA) is 52.5 Å². The van der Waals surface area contributed by atoms with Gasteiger partial charge in [-0.15, -0.1) is 0 Å². The molecule has 1 heterocycles. The first-order chi connectivity index (χ1) is 7.40. The minimum Gasteiger partial charge on any atom is -0.348 e.